The zero-order chi connectivity index (χ0) is 50.0. The molecule has 0 aliphatic heterocycles. The van der Waals surface area contributed by atoms with Crippen LogP contribution in [0, 0.1) is 0 Å². The first-order valence-corrected chi connectivity index (χ1v) is 28.4. The zero-order valence-corrected chi connectivity index (χ0v) is 44.8. The molecule has 6 heteroatoms. The fourth-order valence-corrected chi connectivity index (χ4v) is 7.47. The van der Waals surface area contributed by atoms with E-state index in [-0.39, 0.29) is 31.1 Å². The van der Waals surface area contributed by atoms with Crippen molar-refractivity contribution >= 4 is 17.9 Å². The lowest BCUT2D eigenvalue weighted by molar-refractivity contribution is -0.167. The van der Waals surface area contributed by atoms with E-state index < -0.39 is 6.10 Å². The van der Waals surface area contributed by atoms with Crippen LogP contribution in [0.4, 0.5) is 0 Å². The normalized spacial score (nSPS) is 12.9. The molecule has 0 spiro atoms. The second kappa shape index (κ2) is 56.7. The summed E-state index contributed by atoms with van der Waals surface area (Å²) in [5, 5.41) is 0. The highest BCUT2D eigenvalue weighted by Crippen LogP contribution is 2.13. The van der Waals surface area contributed by atoms with Gasteiger partial charge in [-0.2, -0.15) is 0 Å². The van der Waals surface area contributed by atoms with Crippen LogP contribution in [0.25, 0.3) is 0 Å². The lowest BCUT2D eigenvalue weighted by Crippen LogP contribution is -2.30. The van der Waals surface area contributed by atoms with Crippen molar-refractivity contribution in [2.45, 2.75) is 258 Å². The Morgan fingerprint density at radius 2 is 0.565 bits per heavy atom. The van der Waals surface area contributed by atoms with Gasteiger partial charge in [-0.25, -0.2) is 0 Å². The highest BCUT2D eigenvalue weighted by atomic mass is 16.6. The predicted molar refractivity (Wildman–Crippen MR) is 297 cm³/mol. The van der Waals surface area contributed by atoms with Crippen LogP contribution in [0.1, 0.15) is 252 Å². The molecule has 0 heterocycles. The number of esters is 3. The molecule has 0 saturated heterocycles. The number of hydrogen-bond acceptors (Lipinski definition) is 6. The van der Waals surface area contributed by atoms with Gasteiger partial charge in [-0.3, -0.25) is 14.4 Å². The van der Waals surface area contributed by atoms with Gasteiger partial charge in [-0.1, -0.05) is 214 Å². The number of allylic oxidation sites excluding steroid dienone is 18. The number of ether oxygens (including phenoxy) is 3. The van der Waals surface area contributed by atoms with Gasteiger partial charge in [-0.05, 0) is 128 Å². The van der Waals surface area contributed by atoms with E-state index in [0.29, 0.717) is 19.3 Å². The van der Waals surface area contributed by atoms with E-state index in [0.717, 1.165) is 122 Å². The van der Waals surface area contributed by atoms with Crippen LogP contribution in [0.5, 0.6) is 0 Å². The van der Waals surface area contributed by atoms with Crippen molar-refractivity contribution in [2.24, 2.45) is 0 Å². The summed E-state index contributed by atoms with van der Waals surface area (Å²) in [5.74, 6) is -0.961. The molecule has 1 atom stereocenters. The van der Waals surface area contributed by atoms with Crippen LogP contribution < -0.4 is 0 Å². The molecular formula is C63H104O6. The lowest BCUT2D eigenvalue weighted by Gasteiger charge is -2.18. The van der Waals surface area contributed by atoms with E-state index >= 15 is 0 Å². The number of carbonyl (C=O) groups is 3. The third-order valence-corrected chi connectivity index (χ3v) is 11.7. The van der Waals surface area contributed by atoms with E-state index in [9.17, 15) is 14.4 Å². The minimum absolute atomic E-state index is 0.102. The third kappa shape index (κ3) is 54.9. The minimum atomic E-state index is -0.808. The summed E-state index contributed by atoms with van der Waals surface area (Å²) >= 11 is 0. The van der Waals surface area contributed by atoms with Crippen LogP contribution in [-0.2, 0) is 28.6 Å². The Bertz CT molecular complexity index is 1420. The van der Waals surface area contributed by atoms with Crippen LogP contribution in [0.15, 0.2) is 109 Å². The second-order valence-electron chi connectivity index (χ2n) is 18.5. The Morgan fingerprint density at radius 1 is 0.304 bits per heavy atom. The quantitative estimate of drug-likeness (QED) is 0.0262. The number of hydrogen-bond donors (Lipinski definition) is 0. The van der Waals surface area contributed by atoms with E-state index in [1.54, 1.807) is 0 Å². The first kappa shape index (κ1) is 65.1. The molecule has 0 saturated carbocycles. The maximum absolute atomic E-state index is 12.8. The highest BCUT2D eigenvalue weighted by molar-refractivity contribution is 5.71. The molecule has 0 radical (unpaired) electrons. The zero-order valence-electron chi connectivity index (χ0n) is 44.8. The molecule has 0 bridgehead atoms. The van der Waals surface area contributed by atoms with Crippen molar-refractivity contribution in [2.75, 3.05) is 13.2 Å². The standard InChI is InChI=1S/C63H104O6/c1-4-7-10-13-16-19-22-25-28-30-31-33-35-38-41-44-47-50-53-56-62(65)68-59-60(58-67-61(64)55-52-49-46-43-40-37-34-27-24-21-18-15-12-9-6-3)69-63(66)57-54-51-48-45-42-39-36-32-29-26-23-20-17-14-11-8-5-2/h7,10,16-17,19-21,24-26,28-29,31,33,36,38-39,41,60H,4-6,8-9,11-15,18,22-23,27,30,32,34-35,37,40,42-59H2,1-3H3/b10-7+,19-16+,20-17+,24-21+,28-25+,29-26+,33-31+,39-36+,41-38+/t60-/m1/s1. The summed E-state index contributed by atoms with van der Waals surface area (Å²) in [5.41, 5.74) is 0. The molecule has 0 amide bonds. The Balaban J connectivity index is 4.51. The topological polar surface area (TPSA) is 78.9 Å². The molecule has 0 aliphatic carbocycles. The molecule has 0 aromatic heterocycles. The van der Waals surface area contributed by atoms with Crippen molar-refractivity contribution in [3.8, 4) is 0 Å². The Labute approximate surface area is 425 Å². The van der Waals surface area contributed by atoms with Crippen LogP contribution in [-0.4, -0.2) is 37.2 Å². The highest BCUT2D eigenvalue weighted by Gasteiger charge is 2.19. The number of rotatable bonds is 50. The van der Waals surface area contributed by atoms with Gasteiger partial charge >= 0.3 is 17.9 Å². The molecule has 0 aromatic carbocycles. The van der Waals surface area contributed by atoms with Crippen LogP contribution >= 0.6 is 0 Å². The summed E-state index contributed by atoms with van der Waals surface area (Å²) in [4.78, 5) is 38.1. The van der Waals surface area contributed by atoms with Gasteiger partial charge in [0.05, 0.1) is 0 Å². The fraction of sp³-hybridized carbons (Fsp3) is 0.667. The van der Waals surface area contributed by atoms with Crippen molar-refractivity contribution in [1.29, 1.82) is 0 Å². The number of unbranched alkanes of at least 4 members (excludes halogenated alkanes) is 21. The van der Waals surface area contributed by atoms with Crippen molar-refractivity contribution in [1.82, 2.24) is 0 Å². The molecule has 0 aromatic rings. The average molecular weight is 958 g/mol. The smallest absolute Gasteiger partial charge is 0.306 e. The molecule has 0 rings (SSSR count). The lowest BCUT2D eigenvalue weighted by atomic mass is 10.1. The van der Waals surface area contributed by atoms with Gasteiger partial charge in [0.15, 0.2) is 6.10 Å². The van der Waals surface area contributed by atoms with Gasteiger partial charge in [0, 0.05) is 19.3 Å². The first-order valence-electron chi connectivity index (χ1n) is 28.4. The molecule has 69 heavy (non-hydrogen) atoms. The van der Waals surface area contributed by atoms with Gasteiger partial charge in [0.25, 0.3) is 0 Å². The predicted octanol–water partition coefficient (Wildman–Crippen LogP) is 19.1. The van der Waals surface area contributed by atoms with Crippen molar-refractivity contribution < 1.29 is 28.6 Å². The molecular weight excluding hydrogens is 853 g/mol. The van der Waals surface area contributed by atoms with Gasteiger partial charge in [0.1, 0.15) is 13.2 Å². The van der Waals surface area contributed by atoms with Gasteiger partial charge in [0.2, 0.25) is 0 Å². The van der Waals surface area contributed by atoms with E-state index in [2.05, 4.69) is 130 Å². The van der Waals surface area contributed by atoms with Crippen LogP contribution in [0.2, 0.25) is 0 Å². The molecule has 0 fully saturated rings. The SMILES string of the molecule is CC/C=C/C/C=C/C/C=C/C/C=C/C/C=C/CCCCCC(=O)OC[C@@H](COC(=O)CCCCCCCCC/C=C/CCCCCC)OC(=O)CCCCCC/C=C/C/C=C/C/C=C/CCCCC. The fourth-order valence-electron chi connectivity index (χ4n) is 7.47. The van der Waals surface area contributed by atoms with E-state index in [1.807, 2.05) is 0 Å². The molecule has 0 unspecified atom stereocenters. The van der Waals surface area contributed by atoms with Gasteiger partial charge < -0.3 is 14.2 Å². The average Bonchev–Trinajstić information content (AvgIpc) is 3.35. The summed E-state index contributed by atoms with van der Waals surface area (Å²) < 4.78 is 16.8. The van der Waals surface area contributed by atoms with Crippen LogP contribution in [0.3, 0.4) is 0 Å². The van der Waals surface area contributed by atoms with E-state index in [1.165, 1.54) is 89.9 Å². The van der Waals surface area contributed by atoms with Gasteiger partial charge in [-0.15, -0.1) is 0 Å². The maximum Gasteiger partial charge on any atom is 0.306 e. The molecule has 6 nitrogen and oxygen atoms in total. The summed E-state index contributed by atoms with van der Waals surface area (Å²) in [6.07, 6.45) is 76.4. The monoisotopic (exact) mass is 957 g/mol. The summed E-state index contributed by atoms with van der Waals surface area (Å²) in [6.45, 7) is 6.43. The second-order valence-corrected chi connectivity index (χ2v) is 18.5. The van der Waals surface area contributed by atoms with Crippen molar-refractivity contribution in [3.63, 3.8) is 0 Å². The minimum Gasteiger partial charge on any atom is -0.462 e. The first-order chi connectivity index (χ1) is 34.0. The van der Waals surface area contributed by atoms with E-state index in [4.69, 9.17) is 14.2 Å². The third-order valence-electron chi connectivity index (χ3n) is 11.7. The van der Waals surface area contributed by atoms with Crippen molar-refractivity contribution in [3.05, 3.63) is 109 Å². The Kier molecular flexibility index (Phi) is 53.4. The molecule has 0 aliphatic rings. The summed E-state index contributed by atoms with van der Waals surface area (Å²) in [7, 11) is 0. The number of carbonyl (C=O) groups excluding carboxylic acids is 3. The molecule has 392 valence electrons. The Morgan fingerprint density at radius 3 is 0.942 bits per heavy atom. The summed E-state index contributed by atoms with van der Waals surface area (Å²) in [6, 6.07) is 0. The maximum atomic E-state index is 12.8. The Hall–Kier alpha value is -3.93. The largest absolute Gasteiger partial charge is 0.462 e. The molecule has 0 N–H and O–H groups in total.